The number of halogens is 1. The number of hydrogen-bond acceptors (Lipinski definition) is 2. The summed E-state index contributed by atoms with van der Waals surface area (Å²) in [5.41, 5.74) is 0.693. The second kappa shape index (κ2) is 4.59. The number of nitrogens with zero attached hydrogens (tertiary/aromatic N) is 2. The summed E-state index contributed by atoms with van der Waals surface area (Å²) in [6, 6.07) is 9.07. The molecule has 17 heavy (non-hydrogen) atoms. The molecule has 2 amide bonds. The van der Waals surface area contributed by atoms with Gasteiger partial charge in [0.05, 0.1) is 0 Å². The minimum Gasteiger partial charge on any atom is -0.304 e. The van der Waals surface area contributed by atoms with Gasteiger partial charge < -0.3 is 4.90 Å². The molecule has 0 aliphatic carbocycles. The van der Waals surface area contributed by atoms with Crippen molar-refractivity contribution in [1.82, 2.24) is 4.90 Å². The average Bonchev–Trinajstić information content (AvgIpc) is 2.43. The van der Waals surface area contributed by atoms with Crippen molar-refractivity contribution >= 4 is 29.1 Å². The van der Waals surface area contributed by atoms with Crippen LogP contribution in [0.3, 0.4) is 0 Å². The van der Waals surface area contributed by atoms with Crippen molar-refractivity contribution in [1.29, 1.82) is 0 Å². The molecule has 0 N–H and O–H groups in total. The maximum atomic E-state index is 11.9. The monoisotopic (exact) mass is 250 g/mol. The minimum absolute atomic E-state index is 0.182. The first-order chi connectivity index (χ1) is 8.09. The van der Waals surface area contributed by atoms with E-state index in [9.17, 15) is 9.59 Å². The normalized spacial score (nSPS) is 16.9. The number of carbonyl (C=O) groups is 2. The third kappa shape index (κ3) is 2.31. The molecule has 0 unspecified atom stereocenters. The summed E-state index contributed by atoms with van der Waals surface area (Å²) >= 11 is 5.95. The third-order valence-corrected chi connectivity index (χ3v) is 2.89. The number of amides is 2. The molecule has 1 aromatic carbocycles. The molecule has 1 aliphatic heterocycles. The Morgan fingerprint density at radius 1 is 1.12 bits per heavy atom. The molecule has 2 rings (SSSR count). The topological polar surface area (TPSA) is 40.6 Å². The lowest BCUT2D eigenvalue weighted by Gasteiger charge is -2.16. The predicted molar refractivity (Wildman–Crippen MR) is 65.3 cm³/mol. The molecule has 0 radical (unpaired) electrons. The molecule has 1 aliphatic rings. The number of benzene rings is 1. The van der Waals surface area contributed by atoms with Crippen LogP contribution in [0.15, 0.2) is 41.7 Å². The van der Waals surface area contributed by atoms with Gasteiger partial charge in [0, 0.05) is 18.9 Å². The van der Waals surface area contributed by atoms with E-state index in [4.69, 9.17) is 11.6 Å². The molecule has 0 spiro atoms. The van der Waals surface area contributed by atoms with Gasteiger partial charge in [0.25, 0.3) is 0 Å². The van der Waals surface area contributed by atoms with Gasteiger partial charge in [-0.05, 0) is 12.1 Å². The van der Waals surface area contributed by atoms with Crippen LogP contribution in [0.2, 0.25) is 0 Å². The fraction of sp³-hybridized carbons (Fsp3) is 0.167. The summed E-state index contributed by atoms with van der Waals surface area (Å²) in [5, 5.41) is 0.227. The summed E-state index contributed by atoms with van der Waals surface area (Å²) in [5.74, 6) is -0.599. The van der Waals surface area contributed by atoms with Gasteiger partial charge in [-0.1, -0.05) is 29.8 Å². The van der Waals surface area contributed by atoms with Crippen molar-refractivity contribution in [3.05, 3.63) is 41.7 Å². The molecule has 0 bridgehead atoms. The van der Waals surface area contributed by atoms with Crippen LogP contribution in [0, 0.1) is 0 Å². The molecule has 0 saturated heterocycles. The second-order valence-corrected chi connectivity index (χ2v) is 4.07. The van der Waals surface area contributed by atoms with Crippen LogP contribution in [0.1, 0.15) is 6.42 Å². The van der Waals surface area contributed by atoms with Crippen LogP contribution in [0.4, 0.5) is 5.69 Å². The van der Waals surface area contributed by atoms with Gasteiger partial charge in [-0.25, -0.2) is 0 Å². The first kappa shape index (κ1) is 11.7. The van der Waals surface area contributed by atoms with Gasteiger partial charge in [-0.15, -0.1) is 0 Å². The van der Waals surface area contributed by atoms with E-state index < -0.39 is 0 Å². The zero-order valence-corrected chi connectivity index (χ0v) is 10.0. The fourth-order valence-corrected chi connectivity index (χ4v) is 1.72. The van der Waals surface area contributed by atoms with Crippen LogP contribution in [0.25, 0.3) is 0 Å². The highest BCUT2D eigenvalue weighted by molar-refractivity contribution is 6.31. The Morgan fingerprint density at radius 3 is 2.41 bits per heavy atom. The predicted octanol–water partition coefficient (Wildman–Crippen LogP) is 1.92. The quantitative estimate of drug-likeness (QED) is 0.564. The summed E-state index contributed by atoms with van der Waals surface area (Å²) in [6.45, 7) is 0. The first-order valence-electron chi connectivity index (χ1n) is 5.10. The van der Waals surface area contributed by atoms with Crippen LogP contribution in [-0.2, 0) is 9.59 Å². The molecule has 0 atom stereocenters. The number of carbonyl (C=O) groups excluding carboxylic acids is 2. The Kier molecular flexibility index (Phi) is 3.15. The smallest absolute Gasteiger partial charge is 0.240 e. The van der Waals surface area contributed by atoms with Crippen molar-refractivity contribution in [2.45, 2.75) is 6.42 Å². The standard InChI is InChI=1S/C12H11ClN2O2/c1-14-10(13)8-15(12(17)7-11(14)16)9-5-3-2-4-6-9/h2-6,8H,7H2,1H3. The molecule has 0 fully saturated rings. The lowest BCUT2D eigenvalue weighted by Crippen LogP contribution is -2.27. The Hall–Kier alpha value is -1.81. The van der Waals surface area contributed by atoms with E-state index in [1.807, 2.05) is 18.2 Å². The van der Waals surface area contributed by atoms with Crippen molar-refractivity contribution in [2.75, 3.05) is 11.9 Å². The van der Waals surface area contributed by atoms with Crippen LogP contribution < -0.4 is 4.90 Å². The molecule has 0 aromatic heterocycles. The van der Waals surface area contributed by atoms with E-state index in [2.05, 4.69) is 0 Å². The highest BCUT2D eigenvalue weighted by Crippen LogP contribution is 2.22. The second-order valence-electron chi connectivity index (χ2n) is 3.68. The highest BCUT2D eigenvalue weighted by atomic mass is 35.5. The molecule has 0 saturated carbocycles. The average molecular weight is 251 g/mol. The molecule has 1 heterocycles. The molecular formula is C12H11ClN2O2. The van der Waals surface area contributed by atoms with Gasteiger partial charge >= 0.3 is 0 Å². The largest absolute Gasteiger partial charge is 0.304 e. The van der Waals surface area contributed by atoms with E-state index in [0.29, 0.717) is 5.69 Å². The third-order valence-electron chi connectivity index (χ3n) is 2.54. The fourth-order valence-electron chi connectivity index (χ4n) is 1.52. The maximum Gasteiger partial charge on any atom is 0.240 e. The van der Waals surface area contributed by atoms with Crippen LogP contribution in [0.5, 0.6) is 0 Å². The van der Waals surface area contributed by atoms with Gasteiger partial charge in [-0.2, -0.15) is 0 Å². The molecule has 1 aromatic rings. The Bertz CT molecular complexity index is 485. The Morgan fingerprint density at radius 2 is 1.76 bits per heavy atom. The minimum atomic E-state index is -0.310. The molecule has 5 heteroatoms. The van der Waals surface area contributed by atoms with Crippen molar-refractivity contribution in [3.8, 4) is 0 Å². The highest BCUT2D eigenvalue weighted by Gasteiger charge is 2.25. The number of hydrogen-bond donors (Lipinski definition) is 0. The zero-order chi connectivity index (χ0) is 12.4. The van der Waals surface area contributed by atoms with E-state index in [-0.39, 0.29) is 23.4 Å². The molecular weight excluding hydrogens is 240 g/mol. The van der Waals surface area contributed by atoms with Gasteiger partial charge in [-0.3, -0.25) is 14.5 Å². The lowest BCUT2D eigenvalue weighted by atomic mass is 10.2. The Balaban J connectivity index is 2.40. The zero-order valence-electron chi connectivity index (χ0n) is 9.26. The van der Waals surface area contributed by atoms with E-state index >= 15 is 0 Å². The number of anilines is 1. The summed E-state index contributed by atoms with van der Waals surface area (Å²) in [6.07, 6.45) is 1.28. The summed E-state index contributed by atoms with van der Waals surface area (Å²) in [4.78, 5) is 26.1. The SMILES string of the molecule is CN1C(=O)CC(=O)N(c2ccccc2)C=C1Cl. The Labute approximate surface area is 104 Å². The van der Waals surface area contributed by atoms with Crippen molar-refractivity contribution in [2.24, 2.45) is 0 Å². The first-order valence-corrected chi connectivity index (χ1v) is 5.48. The number of rotatable bonds is 1. The van der Waals surface area contributed by atoms with Gasteiger partial charge in [0.2, 0.25) is 11.8 Å². The van der Waals surface area contributed by atoms with Crippen LogP contribution >= 0.6 is 11.6 Å². The van der Waals surface area contributed by atoms with Gasteiger partial charge in [0.1, 0.15) is 11.6 Å². The number of para-hydroxylation sites is 1. The van der Waals surface area contributed by atoms with Gasteiger partial charge in [0.15, 0.2) is 0 Å². The van der Waals surface area contributed by atoms with E-state index in [1.165, 1.54) is 16.0 Å². The molecule has 88 valence electrons. The maximum absolute atomic E-state index is 11.9. The van der Waals surface area contributed by atoms with E-state index in [0.717, 1.165) is 0 Å². The summed E-state index contributed by atoms with van der Waals surface area (Å²) in [7, 11) is 1.54. The van der Waals surface area contributed by atoms with Crippen molar-refractivity contribution < 1.29 is 9.59 Å². The van der Waals surface area contributed by atoms with E-state index in [1.54, 1.807) is 19.2 Å². The summed E-state index contributed by atoms with van der Waals surface area (Å²) < 4.78 is 0. The van der Waals surface area contributed by atoms with Crippen molar-refractivity contribution in [3.63, 3.8) is 0 Å². The molecule has 4 nitrogen and oxygen atoms in total. The van der Waals surface area contributed by atoms with Crippen LogP contribution in [-0.4, -0.2) is 23.8 Å². The lowest BCUT2D eigenvalue weighted by molar-refractivity contribution is -0.131.